The van der Waals surface area contributed by atoms with Gasteiger partial charge in [0, 0.05) is 19.1 Å². The van der Waals surface area contributed by atoms with Crippen LogP contribution in [0.5, 0.6) is 0 Å². The summed E-state index contributed by atoms with van der Waals surface area (Å²) in [7, 11) is 3.63. The summed E-state index contributed by atoms with van der Waals surface area (Å²) >= 11 is 7.27. The van der Waals surface area contributed by atoms with E-state index in [0.29, 0.717) is 15.9 Å². The number of hydrazine groups is 1. The summed E-state index contributed by atoms with van der Waals surface area (Å²) in [5.74, 6) is -0.121. The van der Waals surface area contributed by atoms with Crippen LogP contribution >= 0.6 is 23.4 Å². The maximum Gasteiger partial charge on any atom is 0.293 e. The van der Waals surface area contributed by atoms with Crippen molar-refractivity contribution in [2.24, 2.45) is 4.99 Å². The summed E-state index contributed by atoms with van der Waals surface area (Å²) in [6.07, 6.45) is 3.66. The monoisotopic (exact) mass is 295 g/mol. The van der Waals surface area contributed by atoms with Gasteiger partial charge in [-0.1, -0.05) is 35.5 Å². The first-order valence-electron chi connectivity index (χ1n) is 5.64. The molecule has 1 aromatic carbocycles. The number of amidine groups is 1. The van der Waals surface area contributed by atoms with E-state index in [1.807, 2.05) is 32.5 Å². The molecule has 1 aliphatic heterocycles. The Balaban J connectivity index is 2.33. The minimum atomic E-state index is -0.121. The lowest BCUT2D eigenvalue weighted by molar-refractivity contribution is -0.130. The van der Waals surface area contributed by atoms with Crippen LogP contribution in [0.4, 0.5) is 0 Å². The summed E-state index contributed by atoms with van der Waals surface area (Å²) < 4.78 is 0. The summed E-state index contributed by atoms with van der Waals surface area (Å²) in [6.45, 7) is 0. The molecule has 0 radical (unpaired) electrons. The largest absolute Gasteiger partial charge is 0.293 e. The number of amides is 1. The van der Waals surface area contributed by atoms with Gasteiger partial charge in [-0.05, 0) is 30.0 Å². The van der Waals surface area contributed by atoms with Gasteiger partial charge in [0.1, 0.15) is 5.70 Å². The molecular weight excluding hydrogens is 282 g/mol. The van der Waals surface area contributed by atoms with Gasteiger partial charge in [-0.25, -0.2) is 15.0 Å². The minimum Gasteiger partial charge on any atom is -0.265 e. The summed E-state index contributed by atoms with van der Waals surface area (Å²) in [5.41, 5.74) is 1.33. The van der Waals surface area contributed by atoms with Crippen molar-refractivity contribution in [3.63, 3.8) is 0 Å². The predicted octanol–water partition coefficient (Wildman–Crippen LogP) is 2.72. The van der Waals surface area contributed by atoms with Crippen molar-refractivity contribution in [2.45, 2.75) is 0 Å². The molecule has 0 saturated heterocycles. The predicted molar refractivity (Wildman–Crippen MR) is 80.9 cm³/mol. The van der Waals surface area contributed by atoms with E-state index in [2.05, 4.69) is 4.99 Å². The number of aliphatic imine (C=N–C) groups is 1. The number of halogens is 1. The van der Waals surface area contributed by atoms with Crippen LogP contribution in [0.2, 0.25) is 5.02 Å². The fraction of sp³-hybridized carbons (Fsp3) is 0.231. The summed E-state index contributed by atoms with van der Waals surface area (Å²) in [6, 6.07) is 7.29. The van der Waals surface area contributed by atoms with E-state index in [1.54, 1.807) is 28.2 Å². The highest BCUT2D eigenvalue weighted by Crippen LogP contribution is 2.23. The third-order valence-electron chi connectivity index (χ3n) is 2.56. The average molecular weight is 296 g/mol. The maximum atomic E-state index is 12.2. The number of carbonyl (C=O) groups excluding carboxylic acids is 1. The van der Waals surface area contributed by atoms with Gasteiger partial charge in [0.2, 0.25) is 0 Å². The molecule has 0 spiro atoms. The molecule has 4 nitrogen and oxygen atoms in total. The topological polar surface area (TPSA) is 35.9 Å². The molecule has 100 valence electrons. The first-order chi connectivity index (χ1) is 9.02. The van der Waals surface area contributed by atoms with Crippen molar-refractivity contribution in [1.29, 1.82) is 0 Å². The van der Waals surface area contributed by atoms with Crippen molar-refractivity contribution < 1.29 is 4.79 Å². The van der Waals surface area contributed by atoms with Crippen LogP contribution < -0.4 is 0 Å². The molecule has 2 rings (SSSR count). The molecule has 1 aromatic rings. The van der Waals surface area contributed by atoms with Crippen molar-refractivity contribution in [3.05, 3.63) is 40.5 Å². The van der Waals surface area contributed by atoms with Crippen LogP contribution in [0.1, 0.15) is 5.56 Å². The normalized spacial score (nSPS) is 17.5. The number of benzene rings is 1. The van der Waals surface area contributed by atoms with Crippen molar-refractivity contribution >= 4 is 40.5 Å². The molecule has 1 heterocycles. The Morgan fingerprint density at radius 3 is 2.42 bits per heavy atom. The van der Waals surface area contributed by atoms with Crippen LogP contribution in [0.3, 0.4) is 0 Å². The average Bonchev–Trinajstić information content (AvgIpc) is 2.69. The first-order valence-corrected chi connectivity index (χ1v) is 7.25. The third-order valence-corrected chi connectivity index (χ3v) is 3.45. The molecule has 0 atom stereocenters. The zero-order valence-corrected chi connectivity index (χ0v) is 12.5. The smallest absolute Gasteiger partial charge is 0.265 e. The van der Waals surface area contributed by atoms with E-state index >= 15 is 0 Å². The molecule has 19 heavy (non-hydrogen) atoms. The lowest BCUT2D eigenvalue weighted by Gasteiger charge is -2.23. The SMILES string of the molecule is CSC1=NC(=Cc2ccc(Cl)cc2)C(=O)N1N(C)C. The van der Waals surface area contributed by atoms with Crippen molar-refractivity contribution in [1.82, 2.24) is 10.0 Å². The van der Waals surface area contributed by atoms with Gasteiger partial charge in [0.15, 0.2) is 5.17 Å². The van der Waals surface area contributed by atoms with Crippen LogP contribution in [-0.2, 0) is 4.79 Å². The zero-order chi connectivity index (χ0) is 14.0. The molecule has 0 saturated carbocycles. The lowest BCUT2D eigenvalue weighted by Crippen LogP contribution is -2.41. The Morgan fingerprint density at radius 2 is 1.95 bits per heavy atom. The molecule has 0 bridgehead atoms. The third kappa shape index (κ3) is 3.00. The van der Waals surface area contributed by atoms with E-state index < -0.39 is 0 Å². The molecule has 1 aliphatic rings. The van der Waals surface area contributed by atoms with Gasteiger partial charge < -0.3 is 0 Å². The van der Waals surface area contributed by atoms with Gasteiger partial charge in [-0.15, -0.1) is 0 Å². The van der Waals surface area contributed by atoms with Crippen LogP contribution in [-0.4, -0.2) is 41.4 Å². The van der Waals surface area contributed by atoms with Gasteiger partial charge in [0.05, 0.1) is 0 Å². The van der Waals surface area contributed by atoms with Crippen LogP contribution in [0, 0.1) is 0 Å². The Bertz CT molecular complexity index is 552. The molecule has 1 amide bonds. The Morgan fingerprint density at radius 1 is 1.32 bits per heavy atom. The van der Waals surface area contributed by atoms with E-state index in [1.165, 1.54) is 11.8 Å². The van der Waals surface area contributed by atoms with Gasteiger partial charge in [-0.3, -0.25) is 4.79 Å². The van der Waals surface area contributed by atoms with Gasteiger partial charge in [0.25, 0.3) is 5.91 Å². The van der Waals surface area contributed by atoms with E-state index in [0.717, 1.165) is 5.56 Å². The highest BCUT2D eigenvalue weighted by molar-refractivity contribution is 8.13. The zero-order valence-electron chi connectivity index (χ0n) is 10.9. The standard InChI is InChI=1S/C13H14ClN3OS/c1-16(2)17-12(18)11(15-13(17)19-3)8-9-4-6-10(14)7-5-9/h4-8H,1-3H3. The number of rotatable bonds is 2. The second kappa shape index (κ2) is 5.77. The fourth-order valence-electron chi connectivity index (χ4n) is 1.69. The number of hydrogen-bond donors (Lipinski definition) is 0. The Hall–Kier alpha value is -1.30. The Kier molecular flexibility index (Phi) is 4.29. The van der Waals surface area contributed by atoms with E-state index in [-0.39, 0.29) is 5.91 Å². The van der Waals surface area contributed by atoms with Crippen LogP contribution in [0.25, 0.3) is 6.08 Å². The van der Waals surface area contributed by atoms with Crippen molar-refractivity contribution in [2.75, 3.05) is 20.4 Å². The fourth-order valence-corrected chi connectivity index (χ4v) is 2.42. The highest BCUT2D eigenvalue weighted by Gasteiger charge is 2.31. The number of hydrogen-bond acceptors (Lipinski definition) is 4. The molecule has 0 N–H and O–H groups in total. The molecule has 0 aliphatic carbocycles. The summed E-state index contributed by atoms with van der Waals surface area (Å²) in [5, 5.41) is 4.62. The molecular formula is C13H14ClN3OS. The molecule has 6 heteroatoms. The maximum absolute atomic E-state index is 12.2. The summed E-state index contributed by atoms with van der Waals surface area (Å²) in [4.78, 5) is 16.6. The quantitative estimate of drug-likeness (QED) is 0.787. The second-order valence-electron chi connectivity index (χ2n) is 4.14. The first kappa shape index (κ1) is 14.1. The highest BCUT2D eigenvalue weighted by atomic mass is 35.5. The number of thioether (sulfide) groups is 1. The number of carbonyl (C=O) groups is 1. The van der Waals surface area contributed by atoms with E-state index in [4.69, 9.17) is 11.6 Å². The molecule has 0 aromatic heterocycles. The second-order valence-corrected chi connectivity index (χ2v) is 5.35. The minimum absolute atomic E-state index is 0.121. The molecule has 0 fully saturated rings. The number of nitrogens with zero attached hydrogens (tertiary/aromatic N) is 3. The van der Waals surface area contributed by atoms with E-state index in [9.17, 15) is 4.79 Å². The molecule has 0 unspecified atom stereocenters. The lowest BCUT2D eigenvalue weighted by atomic mass is 10.2. The van der Waals surface area contributed by atoms with Gasteiger partial charge >= 0.3 is 0 Å². The van der Waals surface area contributed by atoms with Crippen LogP contribution in [0.15, 0.2) is 35.0 Å². The Labute approximate surface area is 121 Å². The van der Waals surface area contributed by atoms with Gasteiger partial charge in [-0.2, -0.15) is 0 Å². The van der Waals surface area contributed by atoms with Crippen molar-refractivity contribution in [3.8, 4) is 0 Å².